The van der Waals surface area contributed by atoms with Gasteiger partial charge in [-0.15, -0.1) is 11.3 Å². The summed E-state index contributed by atoms with van der Waals surface area (Å²) in [5, 5.41) is 5.38. The number of thiophene rings is 1. The van der Waals surface area contributed by atoms with Gasteiger partial charge in [0, 0.05) is 17.8 Å². The van der Waals surface area contributed by atoms with Crippen molar-refractivity contribution in [3.63, 3.8) is 0 Å². The van der Waals surface area contributed by atoms with E-state index in [2.05, 4.69) is 36.7 Å². The van der Waals surface area contributed by atoms with Crippen LogP contribution in [-0.2, 0) is 11.2 Å². The molecule has 2 nitrogen and oxygen atoms in total. The third kappa shape index (κ3) is 4.74. The predicted octanol–water partition coefficient (Wildman–Crippen LogP) is 2.31. The zero-order valence-electron chi connectivity index (χ0n) is 8.95. The summed E-state index contributed by atoms with van der Waals surface area (Å²) in [6, 6.07) is 4.24. The molecule has 0 aromatic carbocycles. The summed E-state index contributed by atoms with van der Waals surface area (Å²) in [7, 11) is 0. The third-order valence-electron chi connectivity index (χ3n) is 2.01. The molecule has 1 aromatic rings. The fourth-order valence-electron chi connectivity index (χ4n) is 1.22. The van der Waals surface area contributed by atoms with Crippen LogP contribution < -0.4 is 5.32 Å². The highest BCUT2D eigenvalue weighted by atomic mass is 32.1. The molecule has 1 unspecified atom stereocenters. The van der Waals surface area contributed by atoms with Crippen molar-refractivity contribution < 1.29 is 4.74 Å². The lowest BCUT2D eigenvalue weighted by Crippen LogP contribution is -2.27. The van der Waals surface area contributed by atoms with Crippen LogP contribution in [0.4, 0.5) is 0 Å². The van der Waals surface area contributed by atoms with E-state index in [0.29, 0.717) is 6.10 Å². The average Bonchev–Trinajstić information content (AvgIpc) is 2.67. The highest BCUT2D eigenvalue weighted by molar-refractivity contribution is 7.09. The first-order chi connectivity index (χ1) is 6.83. The van der Waals surface area contributed by atoms with Crippen LogP contribution in [0.3, 0.4) is 0 Å². The second-order valence-electron chi connectivity index (χ2n) is 3.32. The van der Waals surface area contributed by atoms with Gasteiger partial charge in [-0.25, -0.2) is 0 Å². The van der Waals surface area contributed by atoms with Gasteiger partial charge in [0.1, 0.15) is 0 Å². The Hall–Kier alpha value is -0.380. The van der Waals surface area contributed by atoms with E-state index in [9.17, 15) is 0 Å². The van der Waals surface area contributed by atoms with Crippen molar-refractivity contribution in [2.45, 2.75) is 26.4 Å². The van der Waals surface area contributed by atoms with E-state index < -0.39 is 0 Å². The van der Waals surface area contributed by atoms with Crippen LogP contribution in [0, 0.1) is 0 Å². The molecule has 0 spiro atoms. The quantitative estimate of drug-likeness (QED) is 0.750. The Kier molecular flexibility index (Phi) is 5.83. The maximum absolute atomic E-state index is 5.66. The zero-order chi connectivity index (χ0) is 10.2. The Balaban J connectivity index is 2.03. The number of likely N-dealkylation sites (N-methyl/N-ethyl adjacent to an activating group) is 1. The molecule has 80 valence electrons. The first-order valence-electron chi connectivity index (χ1n) is 5.17. The minimum absolute atomic E-state index is 0.315. The molecule has 0 aliphatic heterocycles. The van der Waals surface area contributed by atoms with Crippen molar-refractivity contribution in [2.75, 3.05) is 19.7 Å². The molecular formula is C11H19NOS. The minimum Gasteiger partial charge on any atom is -0.377 e. The largest absolute Gasteiger partial charge is 0.377 e. The summed E-state index contributed by atoms with van der Waals surface area (Å²) < 4.78 is 5.66. The van der Waals surface area contributed by atoms with E-state index in [1.165, 1.54) is 4.88 Å². The van der Waals surface area contributed by atoms with Gasteiger partial charge < -0.3 is 10.1 Å². The van der Waals surface area contributed by atoms with E-state index in [4.69, 9.17) is 4.74 Å². The molecule has 0 aliphatic rings. The molecule has 0 saturated heterocycles. The monoisotopic (exact) mass is 213 g/mol. The van der Waals surface area contributed by atoms with Gasteiger partial charge in [-0.1, -0.05) is 13.0 Å². The maximum atomic E-state index is 5.66. The second-order valence-corrected chi connectivity index (χ2v) is 4.35. The van der Waals surface area contributed by atoms with Crippen LogP contribution in [0.15, 0.2) is 17.5 Å². The van der Waals surface area contributed by atoms with Crippen LogP contribution in [0.2, 0.25) is 0 Å². The van der Waals surface area contributed by atoms with E-state index >= 15 is 0 Å². The summed E-state index contributed by atoms with van der Waals surface area (Å²) in [4.78, 5) is 1.40. The molecular weight excluding hydrogens is 194 g/mol. The molecule has 0 saturated carbocycles. The van der Waals surface area contributed by atoms with Gasteiger partial charge in [0.15, 0.2) is 0 Å². The second kappa shape index (κ2) is 6.98. The third-order valence-corrected chi connectivity index (χ3v) is 2.95. The average molecular weight is 213 g/mol. The Labute approximate surface area is 90.3 Å². The van der Waals surface area contributed by atoms with Gasteiger partial charge in [0.25, 0.3) is 0 Å². The van der Waals surface area contributed by atoms with Crippen LogP contribution in [0.25, 0.3) is 0 Å². The van der Waals surface area contributed by atoms with Crippen molar-refractivity contribution in [3.05, 3.63) is 22.4 Å². The van der Waals surface area contributed by atoms with Crippen LogP contribution >= 0.6 is 11.3 Å². The first kappa shape index (κ1) is 11.7. The number of hydrogen-bond donors (Lipinski definition) is 1. The first-order valence-corrected chi connectivity index (χ1v) is 6.05. The molecule has 0 bridgehead atoms. The Bertz CT molecular complexity index is 223. The minimum atomic E-state index is 0.315. The molecule has 14 heavy (non-hydrogen) atoms. The highest BCUT2D eigenvalue weighted by Crippen LogP contribution is 2.09. The smallest absolute Gasteiger partial charge is 0.0671 e. The van der Waals surface area contributed by atoms with E-state index in [-0.39, 0.29) is 0 Å². The molecule has 1 N–H and O–H groups in total. The highest BCUT2D eigenvalue weighted by Gasteiger charge is 2.00. The molecule has 1 heterocycles. The number of rotatable bonds is 7. The van der Waals surface area contributed by atoms with Crippen LogP contribution in [-0.4, -0.2) is 25.8 Å². The van der Waals surface area contributed by atoms with Gasteiger partial charge in [-0.2, -0.15) is 0 Å². The summed E-state index contributed by atoms with van der Waals surface area (Å²) in [5.74, 6) is 0. The fourth-order valence-corrected chi connectivity index (χ4v) is 1.91. The molecule has 1 atom stereocenters. The summed E-state index contributed by atoms with van der Waals surface area (Å²) in [5.41, 5.74) is 0. The van der Waals surface area contributed by atoms with Crippen LogP contribution in [0.1, 0.15) is 18.7 Å². The number of hydrogen-bond acceptors (Lipinski definition) is 3. The Morgan fingerprint density at radius 2 is 2.43 bits per heavy atom. The summed E-state index contributed by atoms with van der Waals surface area (Å²) >= 11 is 1.80. The molecule has 1 rings (SSSR count). The van der Waals surface area contributed by atoms with Gasteiger partial charge in [-0.3, -0.25) is 0 Å². The SMILES string of the molecule is CCNCC(C)OCCc1cccs1. The topological polar surface area (TPSA) is 21.3 Å². The maximum Gasteiger partial charge on any atom is 0.0671 e. The van der Waals surface area contributed by atoms with Gasteiger partial charge in [0.05, 0.1) is 12.7 Å². The fraction of sp³-hybridized carbons (Fsp3) is 0.636. The number of nitrogens with one attached hydrogen (secondary N) is 1. The molecule has 0 fully saturated rings. The lowest BCUT2D eigenvalue weighted by Gasteiger charge is -2.12. The lowest BCUT2D eigenvalue weighted by molar-refractivity contribution is 0.0689. The van der Waals surface area contributed by atoms with Crippen molar-refractivity contribution in [2.24, 2.45) is 0 Å². The van der Waals surface area contributed by atoms with E-state index in [1.807, 2.05) is 0 Å². The molecule has 3 heteroatoms. The Morgan fingerprint density at radius 3 is 3.07 bits per heavy atom. The number of ether oxygens (including phenoxy) is 1. The normalized spacial score (nSPS) is 13.0. The van der Waals surface area contributed by atoms with Gasteiger partial charge >= 0.3 is 0 Å². The van der Waals surface area contributed by atoms with Gasteiger partial charge in [0.2, 0.25) is 0 Å². The van der Waals surface area contributed by atoms with Crippen LogP contribution in [0.5, 0.6) is 0 Å². The predicted molar refractivity (Wildman–Crippen MR) is 62.0 cm³/mol. The summed E-state index contributed by atoms with van der Waals surface area (Å²) in [6.07, 6.45) is 1.35. The van der Waals surface area contributed by atoms with Crippen molar-refractivity contribution in [1.29, 1.82) is 0 Å². The van der Waals surface area contributed by atoms with Crippen molar-refractivity contribution in [1.82, 2.24) is 5.32 Å². The zero-order valence-corrected chi connectivity index (χ0v) is 9.77. The molecule has 0 radical (unpaired) electrons. The molecule has 0 amide bonds. The van der Waals surface area contributed by atoms with Crippen molar-refractivity contribution in [3.8, 4) is 0 Å². The van der Waals surface area contributed by atoms with E-state index in [0.717, 1.165) is 26.1 Å². The Morgan fingerprint density at radius 1 is 1.57 bits per heavy atom. The van der Waals surface area contributed by atoms with Gasteiger partial charge in [-0.05, 0) is 24.9 Å². The van der Waals surface area contributed by atoms with Crippen molar-refractivity contribution >= 4 is 11.3 Å². The standard InChI is InChI=1S/C11H19NOS/c1-3-12-9-10(2)13-7-6-11-5-4-8-14-11/h4-5,8,10,12H,3,6-7,9H2,1-2H3. The summed E-state index contributed by atoms with van der Waals surface area (Å²) in [6.45, 7) is 7.00. The molecule has 0 aliphatic carbocycles. The molecule has 1 aromatic heterocycles. The van der Waals surface area contributed by atoms with E-state index in [1.54, 1.807) is 11.3 Å². The lowest BCUT2D eigenvalue weighted by atomic mass is 10.3.